The molecule has 3 rings (SSSR count). The Morgan fingerprint density at radius 2 is 1.92 bits per heavy atom. The second-order valence-corrected chi connectivity index (χ2v) is 8.10. The summed E-state index contributed by atoms with van der Waals surface area (Å²) in [6.07, 6.45) is 3.34. The summed E-state index contributed by atoms with van der Waals surface area (Å²) in [5.74, 6) is -0.116. The summed E-state index contributed by atoms with van der Waals surface area (Å²) >= 11 is 0. The number of aryl methyl sites for hydroxylation is 1. The minimum absolute atomic E-state index is 0.0522. The first kappa shape index (κ1) is 18.4. The number of carbonyl (C=O) groups excluding carboxylic acids is 1. The third kappa shape index (κ3) is 3.57. The highest BCUT2D eigenvalue weighted by Crippen LogP contribution is 2.35. The quantitative estimate of drug-likeness (QED) is 0.795. The maximum atomic E-state index is 12.8. The van der Waals surface area contributed by atoms with Crippen LogP contribution in [0.25, 0.3) is 0 Å². The van der Waals surface area contributed by atoms with Crippen LogP contribution in [0.3, 0.4) is 0 Å². The van der Waals surface area contributed by atoms with E-state index in [1.807, 2.05) is 12.1 Å². The van der Waals surface area contributed by atoms with Gasteiger partial charge in [0.1, 0.15) is 0 Å². The van der Waals surface area contributed by atoms with Gasteiger partial charge in [0.15, 0.2) is 0 Å². The van der Waals surface area contributed by atoms with Gasteiger partial charge in [-0.15, -0.1) is 6.58 Å². The molecule has 0 fully saturated rings. The molecule has 0 aromatic heterocycles. The number of benzene rings is 2. The molecule has 0 aliphatic heterocycles. The van der Waals surface area contributed by atoms with Crippen LogP contribution in [0, 0.1) is 0 Å². The van der Waals surface area contributed by atoms with E-state index in [1.54, 1.807) is 24.1 Å². The number of carbonyl (C=O) groups is 1. The molecule has 0 saturated heterocycles. The Bertz CT molecular complexity index is 920. The highest BCUT2D eigenvalue weighted by molar-refractivity contribution is 7.89. The van der Waals surface area contributed by atoms with Gasteiger partial charge in [0, 0.05) is 19.2 Å². The monoisotopic (exact) mass is 370 g/mol. The van der Waals surface area contributed by atoms with Gasteiger partial charge in [-0.2, -0.15) is 0 Å². The van der Waals surface area contributed by atoms with E-state index in [1.165, 1.54) is 29.3 Å². The fourth-order valence-corrected chi connectivity index (χ4v) is 4.31. The molecule has 26 heavy (non-hydrogen) atoms. The lowest BCUT2D eigenvalue weighted by atomic mass is 10.1. The van der Waals surface area contributed by atoms with Gasteiger partial charge in [0.2, 0.25) is 10.0 Å². The van der Waals surface area contributed by atoms with Crippen LogP contribution in [0.15, 0.2) is 66.1 Å². The van der Waals surface area contributed by atoms with E-state index >= 15 is 0 Å². The van der Waals surface area contributed by atoms with Crippen molar-refractivity contribution in [2.24, 2.45) is 0 Å². The van der Waals surface area contributed by atoms with Crippen molar-refractivity contribution < 1.29 is 13.2 Å². The Balaban J connectivity index is 1.77. The number of amides is 1. The van der Waals surface area contributed by atoms with Crippen molar-refractivity contribution in [2.45, 2.75) is 23.8 Å². The molecule has 136 valence electrons. The molecule has 1 aliphatic carbocycles. The van der Waals surface area contributed by atoms with Gasteiger partial charge in [-0.1, -0.05) is 30.3 Å². The Labute approximate surface area is 154 Å². The average Bonchev–Trinajstić information content (AvgIpc) is 3.09. The van der Waals surface area contributed by atoms with Gasteiger partial charge < -0.3 is 4.90 Å². The van der Waals surface area contributed by atoms with Crippen LogP contribution in [-0.2, 0) is 16.4 Å². The topological polar surface area (TPSA) is 66.5 Å². The van der Waals surface area contributed by atoms with Crippen LogP contribution in [0.2, 0.25) is 0 Å². The van der Waals surface area contributed by atoms with E-state index in [0.29, 0.717) is 5.56 Å². The molecule has 1 unspecified atom stereocenters. The van der Waals surface area contributed by atoms with Crippen molar-refractivity contribution in [3.05, 3.63) is 77.9 Å². The van der Waals surface area contributed by atoms with Crippen molar-refractivity contribution in [1.29, 1.82) is 0 Å². The second-order valence-electron chi connectivity index (χ2n) is 6.33. The summed E-state index contributed by atoms with van der Waals surface area (Å²) in [6.45, 7) is 3.65. The SMILES string of the molecule is C=CCNS(=O)(=O)c1ccc(C(=O)N(C)C2CCc3ccccc32)cc1. The van der Waals surface area contributed by atoms with Crippen LogP contribution in [0.4, 0.5) is 0 Å². The normalized spacial score (nSPS) is 16.1. The molecule has 0 bridgehead atoms. The van der Waals surface area contributed by atoms with E-state index in [9.17, 15) is 13.2 Å². The van der Waals surface area contributed by atoms with Crippen molar-refractivity contribution >= 4 is 15.9 Å². The minimum atomic E-state index is -3.59. The number of rotatable bonds is 6. The summed E-state index contributed by atoms with van der Waals surface area (Å²) in [5.41, 5.74) is 2.95. The molecule has 1 aliphatic rings. The van der Waals surface area contributed by atoms with E-state index in [0.717, 1.165) is 12.8 Å². The molecule has 1 N–H and O–H groups in total. The smallest absolute Gasteiger partial charge is 0.254 e. The summed E-state index contributed by atoms with van der Waals surface area (Å²) in [5, 5.41) is 0. The van der Waals surface area contributed by atoms with Gasteiger partial charge in [-0.25, -0.2) is 13.1 Å². The van der Waals surface area contributed by atoms with Crippen LogP contribution >= 0.6 is 0 Å². The summed E-state index contributed by atoms with van der Waals surface area (Å²) in [6, 6.07) is 14.3. The fourth-order valence-electron chi connectivity index (χ4n) is 3.31. The third-order valence-corrected chi connectivity index (χ3v) is 6.16. The highest BCUT2D eigenvalue weighted by Gasteiger charge is 2.28. The Kier molecular flexibility index (Phi) is 5.25. The maximum Gasteiger partial charge on any atom is 0.254 e. The van der Waals surface area contributed by atoms with Gasteiger partial charge >= 0.3 is 0 Å². The number of fused-ring (bicyclic) bond motifs is 1. The largest absolute Gasteiger partial charge is 0.335 e. The zero-order valence-corrected chi connectivity index (χ0v) is 15.5. The van der Waals surface area contributed by atoms with Gasteiger partial charge in [0.25, 0.3) is 5.91 Å². The molecule has 1 atom stereocenters. The first-order valence-electron chi connectivity index (χ1n) is 8.49. The molecule has 5 nitrogen and oxygen atoms in total. The van der Waals surface area contributed by atoms with Crippen LogP contribution in [0.1, 0.15) is 33.9 Å². The van der Waals surface area contributed by atoms with E-state index in [4.69, 9.17) is 0 Å². The standard InChI is InChI=1S/C20H22N2O3S/c1-3-14-21-26(24,25)17-11-8-16(9-12-17)20(23)22(2)19-13-10-15-6-4-5-7-18(15)19/h3-9,11-12,19,21H,1,10,13-14H2,2H3. The number of sulfonamides is 1. The fraction of sp³-hybridized carbons (Fsp3) is 0.250. The number of hydrogen-bond donors (Lipinski definition) is 1. The number of hydrogen-bond acceptors (Lipinski definition) is 3. The van der Waals surface area contributed by atoms with Crippen LogP contribution in [-0.4, -0.2) is 32.8 Å². The Hall–Kier alpha value is -2.44. The number of nitrogens with one attached hydrogen (secondary N) is 1. The average molecular weight is 370 g/mol. The molecule has 0 spiro atoms. The molecule has 1 amide bonds. The minimum Gasteiger partial charge on any atom is -0.335 e. The van der Waals surface area contributed by atoms with Crippen molar-refractivity contribution in [1.82, 2.24) is 9.62 Å². The summed E-state index contributed by atoms with van der Waals surface area (Å²) < 4.78 is 26.6. The van der Waals surface area contributed by atoms with Crippen molar-refractivity contribution in [2.75, 3.05) is 13.6 Å². The zero-order valence-electron chi connectivity index (χ0n) is 14.7. The molecular formula is C20H22N2O3S. The van der Waals surface area contributed by atoms with E-state index < -0.39 is 10.0 Å². The van der Waals surface area contributed by atoms with Crippen molar-refractivity contribution in [3.63, 3.8) is 0 Å². The first-order valence-corrected chi connectivity index (χ1v) is 9.98. The predicted molar refractivity (Wildman–Crippen MR) is 101 cm³/mol. The van der Waals surface area contributed by atoms with Crippen LogP contribution in [0.5, 0.6) is 0 Å². The van der Waals surface area contributed by atoms with Gasteiger partial charge in [-0.05, 0) is 48.2 Å². The molecular weight excluding hydrogens is 348 g/mol. The van der Waals surface area contributed by atoms with E-state index in [-0.39, 0.29) is 23.4 Å². The lowest BCUT2D eigenvalue weighted by Gasteiger charge is -2.25. The molecule has 2 aromatic carbocycles. The Morgan fingerprint density at radius 1 is 1.23 bits per heavy atom. The third-order valence-electron chi connectivity index (χ3n) is 4.72. The highest BCUT2D eigenvalue weighted by atomic mass is 32.2. The van der Waals surface area contributed by atoms with Gasteiger partial charge in [-0.3, -0.25) is 4.79 Å². The Morgan fingerprint density at radius 3 is 2.62 bits per heavy atom. The molecule has 0 radical (unpaired) electrons. The van der Waals surface area contributed by atoms with Crippen LogP contribution < -0.4 is 4.72 Å². The predicted octanol–water partition coefficient (Wildman–Crippen LogP) is 2.91. The zero-order chi connectivity index (χ0) is 18.7. The molecule has 2 aromatic rings. The second kappa shape index (κ2) is 7.43. The van der Waals surface area contributed by atoms with E-state index in [2.05, 4.69) is 23.4 Å². The van der Waals surface area contributed by atoms with Crippen molar-refractivity contribution in [3.8, 4) is 0 Å². The molecule has 6 heteroatoms. The lowest BCUT2D eigenvalue weighted by Crippen LogP contribution is -2.30. The maximum absolute atomic E-state index is 12.8. The molecule has 0 heterocycles. The number of nitrogens with zero attached hydrogens (tertiary/aromatic N) is 1. The van der Waals surface area contributed by atoms with Gasteiger partial charge in [0.05, 0.1) is 10.9 Å². The lowest BCUT2D eigenvalue weighted by molar-refractivity contribution is 0.0730. The summed E-state index contributed by atoms with van der Waals surface area (Å²) in [7, 11) is -1.79. The molecule has 0 saturated carbocycles. The first-order chi connectivity index (χ1) is 12.4. The summed E-state index contributed by atoms with van der Waals surface area (Å²) in [4.78, 5) is 14.7.